The van der Waals surface area contributed by atoms with Crippen LogP contribution < -0.4 is 9.64 Å². The van der Waals surface area contributed by atoms with Gasteiger partial charge in [0.1, 0.15) is 15.5 Å². The molecule has 1 N–H and O–H groups in total. The van der Waals surface area contributed by atoms with Crippen LogP contribution in [0.1, 0.15) is 26.2 Å². The third-order valence-corrected chi connectivity index (χ3v) is 8.70. The Morgan fingerprint density at radius 3 is 2.50 bits per heavy atom. The van der Waals surface area contributed by atoms with Gasteiger partial charge in [-0.1, -0.05) is 38.0 Å². The van der Waals surface area contributed by atoms with E-state index in [-0.39, 0.29) is 27.3 Å². The van der Waals surface area contributed by atoms with Gasteiger partial charge in [-0.2, -0.15) is 4.31 Å². The van der Waals surface area contributed by atoms with Crippen molar-refractivity contribution >= 4 is 37.2 Å². The number of unbranched alkanes of at least 4 members (excludes halogenated alkanes) is 1. The fourth-order valence-electron chi connectivity index (χ4n) is 3.84. The maximum Gasteiger partial charge on any atom is 0.331 e. The summed E-state index contributed by atoms with van der Waals surface area (Å²) in [7, 11) is -6.37. The number of sulfone groups is 1. The van der Waals surface area contributed by atoms with E-state index in [2.05, 4.69) is 0 Å². The molecule has 1 aliphatic rings. The van der Waals surface area contributed by atoms with Crippen LogP contribution in [0.25, 0.3) is 0 Å². The molecule has 184 valence electrons. The summed E-state index contributed by atoms with van der Waals surface area (Å²) >= 11 is 0. The topological polar surface area (TPSA) is 121 Å². The number of rotatable bonds is 8. The molecule has 2 aromatic rings. The van der Waals surface area contributed by atoms with Gasteiger partial charge in [0.25, 0.3) is 0 Å². The third-order valence-electron chi connectivity index (χ3n) is 5.64. The van der Waals surface area contributed by atoms with Crippen LogP contribution >= 0.6 is 0 Å². The first-order chi connectivity index (χ1) is 16.0. The van der Waals surface area contributed by atoms with Crippen molar-refractivity contribution in [1.82, 2.24) is 4.31 Å². The number of anilines is 2. The smallest absolute Gasteiger partial charge is 0.331 e. The molecule has 0 radical (unpaired) electrons. The maximum atomic E-state index is 13.7. The SMILES string of the molecule is CCCCC1CN(c2ccccc2)c2cc(S(C)(=O)=O)c(O/C=C/C(=O)O)cc2S(=O)(=O)N1C. The molecule has 0 bridgehead atoms. The van der Waals surface area contributed by atoms with Crippen molar-refractivity contribution in [2.24, 2.45) is 0 Å². The van der Waals surface area contributed by atoms with Crippen LogP contribution in [0.15, 0.2) is 64.6 Å². The molecule has 0 saturated heterocycles. The van der Waals surface area contributed by atoms with Gasteiger partial charge in [0.05, 0.1) is 18.0 Å². The lowest BCUT2D eigenvalue weighted by molar-refractivity contribution is -0.131. The molecule has 0 fully saturated rings. The summed E-state index contributed by atoms with van der Waals surface area (Å²) in [5.41, 5.74) is 0.932. The van der Waals surface area contributed by atoms with Crippen LogP contribution in [0.2, 0.25) is 0 Å². The standard InChI is InChI=1S/C23H28N2O7S2/c1-4-5-9-18-16-25(17-10-7-6-8-11-17)19-14-22(33(3,28)29)20(32-13-12-23(26)27)15-21(19)34(30,31)24(18)2/h6-8,10-15,18H,4-5,9,16H2,1-3H3,(H,26,27)/b13-12+. The summed E-state index contributed by atoms with van der Waals surface area (Å²) in [6.07, 6.45) is 4.84. The van der Waals surface area contributed by atoms with Crippen LogP contribution in [-0.2, 0) is 24.7 Å². The summed E-state index contributed by atoms with van der Waals surface area (Å²) in [4.78, 5) is 12.3. The molecule has 0 aromatic heterocycles. The molecular formula is C23H28N2O7S2. The Labute approximate surface area is 200 Å². The summed E-state index contributed by atoms with van der Waals surface area (Å²) in [6.45, 7) is 2.36. The molecule has 2 aromatic carbocycles. The number of hydrogen-bond donors (Lipinski definition) is 1. The minimum Gasteiger partial charge on any atom is -0.478 e. The number of nitrogens with zero attached hydrogens (tertiary/aromatic N) is 2. The zero-order valence-electron chi connectivity index (χ0n) is 19.2. The Hall–Kier alpha value is -2.89. The van der Waals surface area contributed by atoms with Crippen LogP contribution in [0.4, 0.5) is 11.4 Å². The molecule has 1 heterocycles. The number of carboxylic acid groups (broad SMARTS) is 1. The number of benzene rings is 2. The number of para-hydroxylation sites is 1. The second-order valence-corrected chi connectivity index (χ2v) is 12.0. The molecule has 1 atom stereocenters. The van der Waals surface area contributed by atoms with Crippen molar-refractivity contribution in [2.45, 2.75) is 42.0 Å². The summed E-state index contributed by atoms with van der Waals surface area (Å²) in [6, 6.07) is 11.2. The highest BCUT2D eigenvalue weighted by Gasteiger charge is 2.38. The number of ether oxygens (including phenoxy) is 1. The van der Waals surface area contributed by atoms with Crippen molar-refractivity contribution in [1.29, 1.82) is 0 Å². The normalized spacial score (nSPS) is 18.4. The average Bonchev–Trinajstić information content (AvgIpc) is 2.85. The number of sulfonamides is 1. The first-order valence-electron chi connectivity index (χ1n) is 10.7. The van der Waals surface area contributed by atoms with Crippen LogP contribution in [-0.4, -0.2) is 58.1 Å². The number of aliphatic carboxylic acids is 1. The monoisotopic (exact) mass is 508 g/mol. The predicted octanol–water partition coefficient (Wildman–Crippen LogP) is 3.40. The maximum absolute atomic E-state index is 13.7. The highest BCUT2D eigenvalue weighted by atomic mass is 32.2. The second kappa shape index (κ2) is 10.2. The minimum absolute atomic E-state index is 0.121. The average molecular weight is 509 g/mol. The number of likely N-dealkylation sites (N-methyl/N-ethyl adjacent to an activating group) is 1. The Balaban J connectivity index is 2.30. The molecule has 0 spiro atoms. The van der Waals surface area contributed by atoms with Gasteiger partial charge in [-0.3, -0.25) is 0 Å². The van der Waals surface area contributed by atoms with E-state index in [0.29, 0.717) is 19.0 Å². The van der Waals surface area contributed by atoms with Crippen molar-refractivity contribution in [3.63, 3.8) is 0 Å². The van der Waals surface area contributed by atoms with E-state index >= 15 is 0 Å². The van der Waals surface area contributed by atoms with Gasteiger partial charge >= 0.3 is 5.97 Å². The predicted molar refractivity (Wildman–Crippen MR) is 129 cm³/mol. The number of carboxylic acids is 1. The lowest BCUT2D eigenvalue weighted by atomic mass is 10.1. The van der Waals surface area contributed by atoms with Gasteiger partial charge in [0, 0.05) is 37.6 Å². The highest BCUT2D eigenvalue weighted by molar-refractivity contribution is 7.91. The zero-order valence-corrected chi connectivity index (χ0v) is 20.8. The second-order valence-electron chi connectivity index (χ2n) is 8.06. The molecule has 34 heavy (non-hydrogen) atoms. The van der Waals surface area contributed by atoms with Gasteiger partial charge in [-0.25, -0.2) is 21.6 Å². The Kier molecular flexibility index (Phi) is 7.69. The molecule has 0 saturated carbocycles. The summed E-state index contributed by atoms with van der Waals surface area (Å²) in [5, 5.41) is 8.83. The van der Waals surface area contributed by atoms with Gasteiger partial charge in [0.2, 0.25) is 10.0 Å². The number of carbonyl (C=O) groups is 1. The third kappa shape index (κ3) is 5.43. The zero-order chi connectivity index (χ0) is 25.1. The van der Waals surface area contributed by atoms with Crippen molar-refractivity contribution in [3.8, 4) is 5.75 Å². The van der Waals surface area contributed by atoms with Crippen molar-refractivity contribution < 1.29 is 31.5 Å². The lowest BCUT2D eigenvalue weighted by Crippen LogP contribution is -2.40. The summed E-state index contributed by atoms with van der Waals surface area (Å²) < 4.78 is 59.1. The summed E-state index contributed by atoms with van der Waals surface area (Å²) in [5.74, 6) is -1.56. The molecule has 11 heteroatoms. The van der Waals surface area contributed by atoms with Crippen molar-refractivity contribution in [2.75, 3.05) is 24.7 Å². The molecule has 3 rings (SSSR count). The van der Waals surface area contributed by atoms with E-state index in [4.69, 9.17) is 9.84 Å². The molecule has 0 aliphatic carbocycles. The minimum atomic E-state index is -4.03. The van der Waals surface area contributed by atoms with Gasteiger partial charge in [-0.05, 0) is 24.6 Å². The Morgan fingerprint density at radius 1 is 1.24 bits per heavy atom. The number of fused-ring (bicyclic) bond motifs is 1. The number of hydrogen-bond acceptors (Lipinski definition) is 7. The van der Waals surface area contributed by atoms with Crippen molar-refractivity contribution in [3.05, 3.63) is 54.8 Å². The van der Waals surface area contributed by atoms with E-state index in [0.717, 1.165) is 37.1 Å². The van der Waals surface area contributed by atoms with E-state index < -0.39 is 25.8 Å². The molecular weight excluding hydrogens is 480 g/mol. The quantitative estimate of drug-likeness (QED) is 0.425. The largest absolute Gasteiger partial charge is 0.478 e. The van der Waals surface area contributed by atoms with Gasteiger partial charge in [-0.15, -0.1) is 0 Å². The first kappa shape index (κ1) is 25.7. The fourth-order valence-corrected chi connectivity index (χ4v) is 6.20. The molecule has 1 unspecified atom stereocenters. The molecule has 9 nitrogen and oxygen atoms in total. The Morgan fingerprint density at radius 2 is 1.91 bits per heavy atom. The van der Waals surface area contributed by atoms with Crippen LogP contribution in [0.5, 0.6) is 5.75 Å². The molecule has 0 amide bonds. The fraction of sp³-hybridized carbons (Fsp3) is 0.348. The van der Waals surface area contributed by atoms with E-state index in [1.165, 1.54) is 17.4 Å². The lowest BCUT2D eigenvalue weighted by Gasteiger charge is -2.29. The van der Waals surface area contributed by atoms with E-state index in [1.807, 2.05) is 42.2 Å². The highest BCUT2D eigenvalue weighted by Crippen LogP contribution is 2.42. The van der Waals surface area contributed by atoms with Crippen LogP contribution in [0.3, 0.4) is 0 Å². The van der Waals surface area contributed by atoms with Crippen LogP contribution in [0, 0.1) is 0 Å². The Bertz CT molecular complexity index is 1290. The van der Waals surface area contributed by atoms with E-state index in [9.17, 15) is 21.6 Å². The van der Waals surface area contributed by atoms with E-state index in [1.54, 1.807) is 0 Å². The molecule has 1 aliphatic heterocycles. The van der Waals surface area contributed by atoms with Gasteiger partial charge < -0.3 is 14.7 Å². The first-order valence-corrected chi connectivity index (χ1v) is 14.0. The van der Waals surface area contributed by atoms with Gasteiger partial charge in [0.15, 0.2) is 9.84 Å².